The van der Waals surface area contributed by atoms with Crippen LogP contribution in [0.3, 0.4) is 0 Å². The standard InChI is InChI=1S/C26H21Cl2N3O2/c27-21-10-5-17(6-11-21)14-29-15-19-7-8-20(23-4-2-1-3-22(19)23)16-30-31-26(33)18-9-12-25(32)24(28)13-18/h1-13,16,29,32H,14-15H2,(H,31,33). The van der Waals surface area contributed by atoms with E-state index in [1.165, 1.54) is 23.8 Å². The number of hydrazone groups is 1. The minimum Gasteiger partial charge on any atom is -0.506 e. The Morgan fingerprint density at radius 3 is 2.42 bits per heavy atom. The third kappa shape index (κ3) is 5.71. The van der Waals surface area contributed by atoms with E-state index >= 15 is 0 Å². The first-order valence-electron chi connectivity index (χ1n) is 10.3. The number of aromatic hydroxyl groups is 1. The van der Waals surface area contributed by atoms with Gasteiger partial charge < -0.3 is 10.4 Å². The van der Waals surface area contributed by atoms with Gasteiger partial charge in [-0.15, -0.1) is 0 Å². The molecule has 33 heavy (non-hydrogen) atoms. The maximum Gasteiger partial charge on any atom is 0.271 e. The van der Waals surface area contributed by atoms with Crippen LogP contribution in [0, 0.1) is 0 Å². The molecule has 0 fully saturated rings. The number of fused-ring (bicyclic) bond motifs is 1. The molecule has 7 heteroatoms. The Labute approximate surface area is 201 Å². The van der Waals surface area contributed by atoms with Gasteiger partial charge in [0.1, 0.15) is 5.75 Å². The van der Waals surface area contributed by atoms with E-state index < -0.39 is 5.91 Å². The van der Waals surface area contributed by atoms with Crippen molar-refractivity contribution in [2.75, 3.05) is 0 Å². The number of nitrogens with one attached hydrogen (secondary N) is 2. The first-order valence-corrected chi connectivity index (χ1v) is 11.0. The summed E-state index contributed by atoms with van der Waals surface area (Å²) in [5, 5.41) is 20.1. The lowest BCUT2D eigenvalue weighted by Gasteiger charge is -2.11. The fourth-order valence-corrected chi connectivity index (χ4v) is 3.77. The van der Waals surface area contributed by atoms with Gasteiger partial charge >= 0.3 is 0 Å². The van der Waals surface area contributed by atoms with E-state index in [0.717, 1.165) is 33.5 Å². The molecule has 5 nitrogen and oxygen atoms in total. The second-order valence-corrected chi connectivity index (χ2v) is 8.30. The Morgan fingerprint density at radius 2 is 1.67 bits per heavy atom. The first kappa shape index (κ1) is 22.8. The summed E-state index contributed by atoms with van der Waals surface area (Å²) in [5.41, 5.74) is 6.02. The van der Waals surface area contributed by atoms with Gasteiger partial charge in [-0.2, -0.15) is 5.10 Å². The molecule has 4 aromatic rings. The predicted octanol–water partition coefficient (Wildman–Crippen LogP) is 5.91. The van der Waals surface area contributed by atoms with Gasteiger partial charge in [0.25, 0.3) is 5.91 Å². The van der Waals surface area contributed by atoms with Gasteiger partial charge in [-0.05, 0) is 52.2 Å². The molecule has 0 unspecified atom stereocenters. The van der Waals surface area contributed by atoms with E-state index in [4.69, 9.17) is 23.2 Å². The topological polar surface area (TPSA) is 73.7 Å². The molecule has 0 saturated heterocycles. The summed E-state index contributed by atoms with van der Waals surface area (Å²) in [4.78, 5) is 12.3. The zero-order valence-corrected chi connectivity index (χ0v) is 19.1. The lowest BCUT2D eigenvalue weighted by molar-refractivity contribution is 0.0955. The molecule has 1 amide bonds. The van der Waals surface area contributed by atoms with Gasteiger partial charge in [0.05, 0.1) is 11.2 Å². The van der Waals surface area contributed by atoms with Gasteiger partial charge in [-0.25, -0.2) is 5.43 Å². The SMILES string of the molecule is O=C(NN=Cc1ccc(CNCc2ccc(Cl)cc2)c2ccccc12)c1ccc(O)c(Cl)c1. The number of nitrogens with zero attached hydrogens (tertiary/aromatic N) is 1. The number of halogens is 2. The van der Waals surface area contributed by atoms with Crippen molar-refractivity contribution < 1.29 is 9.90 Å². The highest BCUT2D eigenvalue weighted by molar-refractivity contribution is 6.32. The molecule has 4 rings (SSSR count). The lowest BCUT2D eigenvalue weighted by Crippen LogP contribution is -2.17. The van der Waals surface area contributed by atoms with Crippen LogP contribution in [0.1, 0.15) is 27.0 Å². The van der Waals surface area contributed by atoms with E-state index in [1.54, 1.807) is 6.21 Å². The van der Waals surface area contributed by atoms with Crippen molar-refractivity contribution in [1.29, 1.82) is 0 Å². The summed E-state index contributed by atoms with van der Waals surface area (Å²) in [7, 11) is 0. The van der Waals surface area contributed by atoms with Crippen LogP contribution in [0.2, 0.25) is 10.0 Å². The monoisotopic (exact) mass is 477 g/mol. The Bertz CT molecular complexity index is 1320. The van der Waals surface area contributed by atoms with Crippen molar-refractivity contribution in [3.05, 3.63) is 111 Å². The first-order chi connectivity index (χ1) is 16.0. The van der Waals surface area contributed by atoms with Crippen LogP contribution < -0.4 is 10.7 Å². The molecular formula is C26H21Cl2N3O2. The summed E-state index contributed by atoms with van der Waals surface area (Å²) in [5.74, 6) is -0.494. The maximum absolute atomic E-state index is 12.3. The molecule has 0 radical (unpaired) electrons. The van der Waals surface area contributed by atoms with E-state index in [1.807, 2.05) is 48.5 Å². The van der Waals surface area contributed by atoms with Crippen LogP contribution in [0.25, 0.3) is 10.8 Å². The number of phenols is 1. The molecule has 0 saturated carbocycles. The number of phenolic OH excluding ortho intramolecular Hbond substituents is 1. The van der Waals surface area contributed by atoms with Gasteiger partial charge in [0.15, 0.2) is 0 Å². The number of rotatable bonds is 7. The number of carbonyl (C=O) groups is 1. The molecule has 0 aliphatic carbocycles. The zero-order valence-electron chi connectivity index (χ0n) is 17.6. The number of amides is 1. The van der Waals surface area contributed by atoms with Crippen LogP contribution >= 0.6 is 23.2 Å². The molecule has 0 spiro atoms. The largest absolute Gasteiger partial charge is 0.506 e. The summed E-state index contributed by atoms with van der Waals surface area (Å²) >= 11 is 11.8. The van der Waals surface area contributed by atoms with Crippen LogP contribution in [0.4, 0.5) is 0 Å². The lowest BCUT2D eigenvalue weighted by atomic mass is 10.00. The summed E-state index contributed by atoms with van der Waals surface area (Å²) in [6.07, 6.45) is 1.62. The highest BCUT2D eigenvalue weighted by atomic mass is 35.5. The van der Waals surface area contributed by atoms with Gasteiger partial charge in [-0.3, -0.25) is 4.79 Å². The fourth-order valence-electron chi connectivity index (χ4n) is 3.47. The van der Waals surface area contributed by atoms with E-state index in [2.05, 4.69) is 28.0 Å². The summed E-state index contributed by atoms with van der Waals surface area (Å²) in [6, 6.07) is 24.1. The molecule has 0 bridgehead atoms. The molecule has 0 aliphatic heterocycles. The Kier molecular flexibility index (Phi) is 7.25. The third-order valence-electron chi connectivity index (χ3n) is 5.19. The minimum atomic E-state index is -0.416. The van der Waals surface area contributed by atoms with Crippen LogP contribution in [0.15, 0.2) is 84.0 Å². The minimum absolute atomic E-state index is 0.0778. The molecule has 0 aromatic heterocycles. The normalized spacial score (nSPS) is 11.2. The van der Waals surface area contributed by atoms with Crippen molar-refractivity contribution in [2.24, 2.45) is 5.10 Å². The van der Waals surface area contributed by atoms with Crippen LogP contribution in [0.5, 0.6) is 5.75 Å². The highest BCUT2D eigenvalue weighted by Gasteiger charge is 2.08. The fraction of sp³-hybridized carbons (Fsp3) is 0.0769. The van der Waals surface area contributed by atoms with Crippen LogP contribution in [-0.2, 0) is 13.1 Å². The molecule has 0 atom stereocenters. The van der Waals surface area contributed by atoms with E-state index in [-0.39, 0.29) is 10.8 Å². The van der Waals surface area contributed by atoms with Crippen molar-refractivity contribution in [3.63, 3.8) is 0 Å². The number of benzene rings is 4. The Hall–Kier alpha value is -3.38. The van der Waals surface area contributed by atoms with E-state index in [0.29, 0.717) is 12.1 Å². The van der Waals surface area contributed by atoms with Crippen LogP contribution in [-0.4, -0.2) is 17.2 Å². The van der Waals surface area contributed by atoms with Crippen molar-refractivity contribution in [1.82, 2.24) is 10.7 Å². The number of carbonyl (C=O) groups excluding carboxylic acids is 1. The summed E-state index contributed by atoms with van der Waals surface area (Å²) in [6.45, 7) is 1.45. The number of hydrogen-bond acceptors (Lipinski definition) is 4. The highest BCUT2D eigenvalue weighted by Crippen LogP contribution is 2.24. The average molecular weight is 478 g/mol. The van der Waals surface area contributed by atoms with Gasteiger partial charge in [-0.1, -0.05) is 71.7 Å². The molecule has 0 heterocycles. The maximum atomic E-state index is 12.3. The third-order valence-corrected chi connectivity index (χ3v) is 5.74. The number of hydrogen-bond donors (Lipinski definition) is 3. The van der Waals surface area contributed by atoms with Gasteiger partial charge in [0.2, 0.25) is 0 Å². The molecule has 3 N–H and O–H groups in total. The van der Waals surface area contributed by atoms with E-state index in [9.17, 15) is 9.90 Å². The van der Waals surface area contributed by atoms with Crippen molar-refractivity contribution in [3.8, 4) is 5.75 Å². The van der Waals surface area contributed by atoms with Gasteiger partial charge in [0, 0.05) is 29.2 Å². The molecule has 166 valence electrons. The average Bonchev–Trinajstić information content (AvgIpc) is 2.83. The Balaban J connectivity index is 1.45. The quantitative estimate of drug-likeness (QED) is 0.229. The zero-order chi connectivity index (χ0) is 23.2. The Morgan fingerprint density at radius 1 is 0.909 bits per heavy atom. The van der Waals surface area contributed by atoms with Crippen molar-refractivity contribution >= 4 is 46.1 Å². The molecule has 0 aliphatic rings. The summed E-state index contributed by atoms with van der Waals surface area (Å²) < 4.78 is 0. The van der Waals surface area contributed by atoms with Crippen molar-refractivity contribution in [2.45, 2.75) is 13.1 Å². The predicted molar refractivity (Wildman–Crippen MR) is 134 cm³/mol. The second-order valence-electron chi connectivity index (χ2n) is 7.45. The molecular weight excluding hydrogens is 457 g/mol. The second kappa shape index (κ2) is 10.5. The smallest absolute Gasteiger partial charge is 0.271 e. The molecule has 4 aromatic carbocycles.